The van der Waals surface area contributed by atoms with Gasteiger partial charge in [-0.05, 0) is 24.8 Å². The molecule has 3 heteroatoms. The topological polar surface area (TPSA) is 35.5 Å². The summed E-state index contributed by atoms with van der Waals surface area (Å²) in [6.45, 7) is 6.75. The van der Waals surface area contributed by atoms with Crippen LogP contribution >= 0.6 is 0 Å². The summed E-state index contributed by atoms with van der Waals surface area (Å²) < 4.78 is 10.9. The Bertz CT molecular complexity index is 441. The van der Waals surface area contributed by atoms with Crippen LogP contribution in [0.15, 0.2) is 30.3 Å². The maximum atomic E-state index is 12.4. The van der Waals surface area contributed by atoms with Gasteiger partial charge in [-0.1, -0.05) is 76.3 Å². The Hall–Kier alpha value is -1.35. The number of hydrogen-bond donors (Lipinski definition) is 0. The molecule has 1 unspecified atom stereocenters. The highest BCUT2D eigenvalue weighted by Crippen LogP contribution is 2.26. The number of benzene rings is 1. The summed E-state index contributed by atoms with van der Waals surface area (Å²) in [7, 11) is 1.54. The summed E-state index contributed by atoms with van der Waals surface area (Å²) in [4.78, 5) is 12.4. The van der Waals surface area contributed by atoms with Crippen LogP contribution in [-0.2, 0) is 19.9 Å². The summed E-state index contributed by atoms with van der Waals surface area (Å²) >= 11 is 0. The van der Waals surface area contributed by atoms with Gasteiger partial charge in [0.25, 0.3) is 0 Å². The van der Waals surface area contributed by atoms with Crippen molar-refractivity contribution in [2.75, 3.05) is 13.7 Å². The monoisotopic (exact) mass is 320 g/mol. The van der Waals surface area contributed by atoms with Gasteiger partial charge in [0, 0.05) is 7.11 Å². The van der Waals surface area contributed by atoms with Crippen molar-refractivity contribution in [2.45, 2.75) is 64.9 Å². The van der Waals surface area contributed by atoms with Crippen molar-refractivity contribution in [1.29, 1.82) is 0 Å². The van der Waals surface area contributed by atoms with Crippen molar-refractivity contribution in [2.24, 2.45) is 5.92 Å². The predicted molar refractivity (Wildman–Crippen MR) is 94.3 cm³/mol. The Kier molecular flexibility index (Phi) is 8.93. The molecule has 0 spiro atoms. The van der Waals surface area contributed by atoms with Gasteiger partial charge in [0.2, 0.25) is 0 Å². The lowest BCUT2D eigenvalue weighted by atomic mass is 9.96. The second kappa shape index (κ2) is 10.4. The fraction of sp³-hybridized carbons (Fsp3) is 0.650. The molecule has 0 heterocycles. The number of methoxy groups -OCH3 is 1. The van der Waals surface area contributed by atoms with Crippen molar-refractivity contribution in [3.63, 3.8) is 0 Å². The summed E-state index contributed by atoms with van der Waals surface area (Å²) in [6, 6.07) is 9.50. The van der Waals surface area contributed by atoms with Gasteiger partial charge < -0.3 is 9.47 Å². The van der Waals surface area contributed by atoms with E-state index in [1.165, 1.54) is 25.7 Å². The van der Waals surface area contributed by atoms with Crippen LogP contribution in [0.25, 0.3) is 0 Å². The molecule has 3 nitrogen and oxygen atoms in total. The molecule has 0 saturated heterocycles. The number of hydrogen-bond acceptors (Lipinski definition) is 3. The van der Waals surface area contributed by atoms with Gasteiger partial charge in [-0.2, -0.15) is 0 Å². The van der Waals surface area contributed by atoms with Crippen molar-refractivity contribution in [1.82, 2.24) is 0 Å². The van der Waals surface area contributed by atoms with Gasteiger partial charge in [-0.15, -0.1) is 0 Å². The largest absolute Gasteiger partial charge is 0.463 e. The molecular weight excluding hydrogens is 288 g/mol. The second-order valence-corrected chi connectivity index (χ2v) is 6.69. The molecule has 0 fully saturated rings. The van der Waals surface area contributed by atoms with E-state index in [1.807, 2.05) is 30.3 Å². The smallest absolute Gasteiger partial charge is 0.342 e. The first kappa shape index (κ1) is 19.7. The first-order valence-electron chi connectivity index (χ1n) is 8.78. The molecular formula is C20H32O3. The minimum atomic E-state index is -1.03. The van der Waals surface area contributed by atoms with E-state index in [0.717, 1.165) is 24.3 Å². The molecule has 1 aromatic rings. The van der Waals surface area contributed by atoms with Gasteiger partial charge >= 0.3 is 5.97 Å². The Morgan fingerprint density at radius 2 is 1.65 bits per heavy atom. The highest BCUT2D eigenvalue weighted by atomic mass is 16.6. The number of ether oxygens (including phenoxy) is 2. The average molecular weight is 320 g/mol. The first-order valence-corrected chi connectivity index (χ1v) is 8.78. The summed E-state index contributed by atoms with van der Waals surface area (Å²) in [5, 5.41) is 0. The fourth-order valence-electron chi connectivity index (χ4n) is 2.56. The lowest BCUT2D eigenvalue weighted by Gasteiger charge is -2.26. The van der Waals surface area contributed by atoms with Crippen molar-refractivity contribution >= 4 is 5.97 Å². The van der Waals surface area contributed by atoms with E-state index in [-0.39, 0.29) is 5.97 Å². The van der Waals surface area contributed by atoms with Crippen LogP contribution in [0.1, 0.15) is 64.9 Å². The van der Waals surface area contributed by atoms with Gasteiger partial charge in [-0.25, -0.2) is 4.79 Å². The summed E-state index contributed by atoms with van der Waals surface area (Å²) in [5.74, 6) is 0.478. The predicted octanol–water partition coefficient (Wildman–Crippen LogP) is 5.09. The molecule has 0 aromatic heterocycles. The van der Waals surface area contributed by atoms with Crippen molar-refractivity contribution in [3.8, 4) is 0 Å². The van der Waals surface area contributed by atoms with Crippen molar-refractivity contribution in [3.05, 3.63) is 35.9 Å². The lowest BCUT2D eigenvalue weighted by molar-refractivity contribution is -0.168. The molecule has 0 aliphatic carbocycles. The molecule has 0 radical (unpaired) electrons. The van der Waals surface area contributed by atoms with E-state index in [2.05, 4.69) is 13.8 Å². The van der Waals surface area contributed by atoms with Crippen LogP contribution in [-0.4, -0.2) is 19.7 Å². The number of carbonyl (C=O) groups is 1. The lowest BCUT2D eigenvalue weighted by Crippen LogP contribution is -2.36. The first-order chi connectivity index (χ1) is 11.0. The second-order valence-electron chi connectivity index (χ2n) is 6.69. The molecule has 130 valence electrons. The third kappa shape index (κ3) is 6.74. The van der Waals surface area contributed by atoms with E-state index in [0.29, 0.717) is 6.61 Å². The Morgan fingerprint density at radius 1 is 1.04 bits per heavy atom. The van der Waals surface area contributed by atoms with Crippen molar-refractivity contribution < 1.29 is 14.3 Å². The standard InChI is InChI=1S/C20H32O3/c1-17(2)13-9-6-5-7-12-16-23-19(21)20(3,22-4)18-14-10-8-11-15-18/h8,10-11,14-15,17H,5-7,9,12-13,16H2,1-4H3. The van der Waals surface area contributed by atoms with E-state index < -0.39 is 5.60 Å². The minimum Gasteiger partial charge on any atom is -0.463 e. The summed E-state index contributed by atoms with van der Waals surface area (Å²) in [5.41, 5.74) is -0.209. The fourth-order valence-corrected chi connectivity index (χ4v) is 2.56. The van der Waals surface area contributed by atoms with Crippen LogP contribution in [0.5, 0.6) is 0 Å². The SMILES string of the molecule is COC(C)(C(=O)OCCCCCCCC(C)C)c1ccccc1. The third-order valence-corrected chi connectivity index (χ3v) is 4.28. The van der Waals surface area contributed by atoms with Gasteiger partial charge in [0.15, 0.2) is 5.60 Å². The Labute approximate surface area is 141 Å². The van der Waals surface area contributed by atoms with Crippen LogP contribution in [0.2, 0.25) is 0 Å². The van der Waals surface area contributed by atoms with E-state index >= 15 is 0 Å². The Morgan fingerprint density at radius 3 is 2.26 bits per heavy atom. The molecule has 0 aliphatic heterocycles. The molecule has 0 N–H and O–H groups in total. The molecule has 1 aromatic carbocycles. The maximum absolute atomic E-state index is 12.4. The zero-order valence-electron chi connectivity index (χ0n) is 15.1. The third-order valence-electron chi connectivity index (χ3n) is 4.28. The minimum absolute atomic E-state index is 0.314. The number of rotatable bonds is 11. The van der Waals surface area contributed by atoms with Gasteiger partial charge in [-0.3, -0.25) is 0 Å². The van der Waals surface area contributed by atoms with Crippen LogP contribution in [0.3, 0.4) is 0 Å². The number of carbonyl (C=O) groups excluding carboxylic acids is 1. The highest BCUT2D eigenvalue weighted by Gasteiger charge is 2.36. The zero-order chi connectivity index (χ0) is 17.1. The molecule has 0 saturated carbocycles. The molecule has 1 atom stereocenters. The van der Waals surface area contributed by atoms with Crippen LogP contribution < -0.4 is 0 Å². The number of esters is 1. The summed E-state index contributed by atoms with van der Waals surface area (Å²) in [6.07, 6.45) is 7.12. The molecule has 1 rings (SSSR count). The van der Waals surface area contributed by atoms with E-state index in [4.69, 9.17) is 9.47 Å². The average Bonchev–Trinajstić information content (AvgIpc) is 2.56. The zero-order valence-corrected chi connectivity index (χ0v) is 15.1. The molecule has 0 bridgehead atoms. The van der Waals surface area contributed by atoms with Gasteiger partial charge in [0.1, 0.15) is 0 Å². The molecule has 0 amide bonds. The highest BCUT2D eigenvalue weighted by molar-refractivity contribution is 5.80. The van der Waals surface area contributed by atoms with E-state index in [9.17, 15) is 4.79 Å². The van der Waals surface area contributed by atoms with Crippen LogP contribution in [0.4, 0.5) is 0 Å². The quantitative estimate of drug-likeness (QED) is 0.421. The number of unbranched alkanes of at least 4 members (excludes halogenated alkanes) is 4. The Balaban J connectivity index is 2.27. The van der Waals surface area contributed by atoms with Crippen LogP contribution in [0, 0.1) is 5.92 Å². The maximum Gasteiger partial charge on any atom is 0.342 e. The molecule has 0 aliphatic rings. The van der Waals surface area contributed by atoms with E-state index in [1.54, 1.807) is 14.0 Å². The normalized spacial score (nSPS) is 13.8. The van der Waals surface area contributed by atoms with Gasteiger partial charge in [0.05, 0.1) is 6.61 Å². The molecule has 23 heavy (non-hydrogen) atoms.